The van der Waals surface area contributed by atoms with E-state index >= 15 is 0 Å². The van der Waals surface area contributed by atoms with Gasteiger partial charge in [-0.05, 0) is 93.7 Å². The van der Waals surface area contributed by atoms with Gasteiger partial charge in [0.05, 0.1) is 11.0 Å². The standard InChI is InChI=1S/C46H32N2/c1-4-14-34(15-5-1)41-24-13-16-35-28-31-44-46(45(35)41)42-23-10-11-25-43(42)48(44)40-22-12-17-36(32-40)33-26-29-39(30-27-33)47(37-18-6-2-7-19-37)38-20-8-3-9-21-38/h1-32H. The van der Waals surface area contributed by atoms with Crippen molar-refractivity contribution in [2.75, 3.05) is 4.90 Å². The minimum absolute atomic E-state index is 1.12. The van der Waals surface area contributed by atoms with Gasteiger partial charge in [0.2, 0.25) is 0 Å². The van der Waals surface area contributed by atoms with Gasteiger partial charge < -0.3 is 9.47 Å². The van der Waals surface area contributed by atoms with Crippen molar-refractivity contribution in [1.82, 2.24) is 4.57 Å². The van der Waals surface area contributed by atoms with Crippen molar-refractivity contribution >= 4 is 49.6 Å². The molecule has 2 heteroatoms. The molecule has 0 aliphatic heterocycles. The first-order valence-corrected chi connectivity index (χ1v) is 16.4. The van der Waals surface area contributed by atoms with Crippen molar-refractivity contribution in [1.29, 1.82) is 0 Å². The van der Waals surface area contributed by atoms with Gasteiger partial charge in [0, 0.05) is 33.5 Å². The van der Waals surface area contributed by atoms with Crippen molar-refractivity contribution in [3.63, 3.8) is 0 Å². The highest BCUT2D eigenvalue weighted by atomic mass is 15.1. The minimum Gasteiger partial charge on any atom is -0.311 e. The summed E-state index contributed by atoms with van der Waals surface area (Å²) in [5.74, 6) is 0. The van der Waals surface area contributed by atoms with Gasteiger partial charge in [-0.1, -0.05) is 133 Å². The molecule has 0 bridgehead atoms. The summed E-state index contributed by atoms with van der Waals surface area (Å²) in [4.78, 5) is 2.30. The second-order valence-corrected chi connectivity index (χ2v) is 12.2. The Morgan fingerprint density at radius 3 is 1.69 bits per heavy atom. The first kappa shape index (κ1) is 27.9. The SMILES string of the molecule is c1ccc(-c2cccc3ccc4c(c5ccccc5n4-c4cccc(-c5ccc(N(c6ccccc6)c6ccccc6)cc5)c4)c23)cc1. The Hall–Kier alpha value is -6.38. The molecule has 0 N–H and O–H groups in total. The number of benzene rings is 8. The van der Waals surface area contributed by atoms with Crippen molar-refractivity contribution < 1.29 is 0 Å². The molecule has 0 saturated carbocycles. The molecule has 9 rings (SSSR count). The predicted octanol–water partition coefficient (Wildman–Crippen LogP) is 12.7. The van der Waals surface area contributed by atoms with Crippen LogP contribution in [0.5, 0.6) is 0 Å². The lowest BCUT2D eigenvalue weighted by Gasteiger charge is -2.25. The second-order valence-electron chi connectivity index (χ2n) is 12.2. The van der Waals surface area contributed by atoms with Crippen LogP contribution in [0, 0.1) is 0 Å². The zero-order valence-corrected chi connectivity index (χ0v) is 26.4. The molecule has 8 aromatic carbocycles. The first-order chi connectivity index (χ1) is 23.8. The van der Waals surface area contributed by atoms with Gasteiger partial charge in [0.25, 0.3) is 0 Å². The fraction of sp³-hybridized carbons (Fsp3) is 0. The van der Waals surface area contributed by atoms with Gasteiger partial charge in [-0.3, -0.25) is 0 Å². The number of para-hydroxylation sites is 3. The highest BCUT2D eigenvalue weighted by Crippen LogP contribution is 2.41. The summed E-state index contributed by atoms with van der Waals surface area (Å²) in [6, 6.07) is 69.7. The Bertz CT molecular complexity index is 2490. The molecule has 2 nitrogen and oxygen atoms in total. The van der Waals surface area contributed by atoms with E-state index in [-0.39, 0.29) is 0 Å². The molecule has 48 heavy (non-hydrogen) atoms. The number of hydrogen-bond acceptors (Lipinski definition) is 1. The lowest BCUT2D eigenvalue weighted by atomic mass is 9.94. The number of hydrogen-bond donors (Lipinski definition) is 0. The van der Waals surface area contributed by atoms with Crippen LogP contribution in [-0.4, -0.2) is 4.57 Å². The Kier molecular flexibility index (Phi) is 6.84. The second kappa shape index (κ2) is 11.8. The highest BCUT2D eigenvalue weighted by molar-refractivity contribution is 6.24. The Labute approximate surface area is 280 Å². The summed E-state index contributed by atoms with van der Waals surface area (Å²) in [7, 11) is 0. The molecule has 1 heterocycles. The normalized spacial score (nSPS) is 11.3. The quantitative estimate of drug-likeness (QED) is 0.181. The minimum atomic E-state index is 1.12. The van der Waals surface area contributed by atoms with Crippen LogP contribution >= 0.6 is 0 Å². The van der Waals surface area contributed by atoms with Crippen LogP contribution in [0.2, 0.25) is 0 Å². The topological polar surface area (TPSA) is 8.17 Å². The van der Waals surface area contributed by atoms with Gasteiger partial charge in [0.15, 0.2) is 0 Å². The van der Waals surface area contributed by atoms with Gasteiger partial charge in [-0.2, -0.15) is 0 Å². The summed E-state index contributed by atoms with van der Waals surface area (Å²) in [6.45, 7) is 0. The summed E-state index contributed by atoms with van der Waals surface area (Å²) >= 11 is 0. The van der Waals surface area contributed by atoms with E-state index in [0.717, 1.165) is 22.7 Å². The summed E-state index contributed by atoms with van der Waals surface area (Å²) in [5, 5.41) is 5.10. The molecular weight excluding hydrogens is 581 g/mol. The highest BCUT2D eigenvalue weighted by Gasteiger charge is 2.18. The average molecular weight is 613 g/mol. The average Bonchev–Trinajstić information content (AvgIpc) is 3.51. The van der Waals surface area contributed by atoms with Crippen LogP contribution in [0.3, 0.4) is 0 Å². The van der Waals surface area contributed by atoms with Gasteiger partial charge in [-0.15, -0.1) is 0 Å². The number of anilines is 3. The van der Waals surface area contributed by atoms with Crippen LogP contribution in [-0.2, 0) is 0 Å². The number of aromatic nitrogens is 1. The van der Waals surface area contributed by atoms with E-state index in [1.807, 2.05) is 0 Å². The summed E-state index contributed by atoms with van der Waals surface area (Å²) in [5.41, 5.74) is 11.8. The zero-order valence-electron chi connectivity index (χ0n) is 26.4. The van der Waals surface area contributed by atoms with Gasteiger partial charge in [-0.25, -0.2) is 0 Å². The molecule has 226 valence electrons. The van der Waals surface area contributed by atoms with Gasteiger partial charge >= 0.3 is 0 Å². The van der Waals surface area contributed by atoms with Crippen LogP contribution in [0.25, 0.3) is 60.5 Å². The van der Waals surface area contributed by atoms with E-state index in [1.54, 1.807) is 0 Å². The van der Waals surface area contributed by atoms with E-state index in [0.29, 0.717) is 0 Å². The molecule has 0 amide bonds. The van der Waals surface area contributed by atoms with Crippen LogP contribution in [0.1, 0.15) is 0 Å². The van der Waals surface area contributed by atoms with Crippen molar-refractivity contribution in [2.45, 2.75) is 0 Å². The van der Waals surface area contributed by atoms with Crippen molar-refractivity contribution in [2.24, 2.45) is 0 Å². The third-order valence-corrected chi connectivity index (χ3v) is 9.36. The summed E-state index contributed by atoms with van der Waals surface area (Å²) in [6.07, 6.45) is 0. The fourth-order valence-electron chi connectivity index (χ4n) is 7.20. The maximum absolute atomic E-state index is 2.43. The number of fused-ring (bicyclic) bond motifs is 5. The molecule has 0 radical (unpaired) electrons. The molecule has 0 aliphatic carbocycles. The van der Waals surface area contributed by atoms with E-state index < -0.39 is 0 Å². The molecule has 0 unspecified atom stereocenters. The van der Waals surface area contributed by atoms with E-state index in [2.05, 4.69) is 204 Å². The molecule has 1 aromatic heterocycles. The molecule has 9 aromatic rings. The zero-order chi connectivity index (χ0) is 31.9. The molecule has 0 atom stereocenters. The molecule has 0 saturated heterocycles. The largest absolute Gasteiger partial charge is 0.311 e. The van der Waals surface area contributed by atoms with Crippen LogP contribution in [0.4, 0.5) is 17.1 Å². The monoisotopic (exact) mass is 612 g/mol. The van der Waals surface area contributed by atoms with Crippen molar-refractivity contribution in [3.8, 4) is 27.9 Å². The fourth-order valence-corrected chi connectivity index (χ4v) is 7.20. The lowest BCUT2D eigenvalue weighted by molar-refractivity contribution is 1.18. The maximum Gasteiger partial charge on any atom is 0.0547 e. The third kappa shape index (κ3) is 4.74. The van der Waals surface area contributed by atoms with E-state index in [9.17, 15) is 0 Å². The lowest BCUT2D eigenvalue weighted by Crippen LogP contribution is -2.09. The molecule has 0 spiro atoms. The van der Waals surface area contributed by atoms with Crippen LogP contribution in [0.15, 0.2) is 194 Å². The number of rotatable bonds is 6. The predicted molar refractivity (Wildman–Crippen MR) is 204 cm³/mol. The molecular formula is C46H32N2. The van der Waals surface area contributed by atoms with Gasteiger partial charge in [0.1, 0.15) is 0 Å². The number of nitrogens with zero attached hydrogens (tertiary/aromatic N) is 2. The smallest absolute Gasteiger partial charge is 0.0547 e. The Morgan fingerprint density at radius 2 is 0.958 bits per heavy atom. The van der Waals surface area contributed by atoms with E-state index in [1.165, 1.54) is 54.8 Å². The Morgan fingerprint density at radius 1 is 0.354 bits per heavy atom. The Balaban J connectivity index is 1.18. The van der Waals surface area contributed by atoms with Crippen molar-refractivity contribution in [3.05, 3.63) is 194 Å². The first-order valence-electron chi connectivity index (χ1n) is 16.4. The third-order valence-electron chi connectivity index (χ3n) is 9.36. The maximum atomic E-state index is 2.43. The van der Waals surface area contributed by atoms with Crippen LogP contribution < -0.4 is 4.90 Å². The molecule has 0 fully saturated rings. The van der Waals surface area contributed by atoms with E-state index in [4.69, 9.17) is 0 Å². The molecule has 0 aliphatic rings. The summed E-state index contributed by atoms with van der Waals surface area (Å²) < 4.78 is 2.43.